The standard InChI is InChI=1S/C31H37N5O6/c1-21-4-2-5-23(20-21)42-22-10-12-34(13-11-22)30(39)31(40)35-16-14-33(15-17-35)24-6-3-7-25-28(24)41-19-18-36(25)26-8-9-27(37)32-29(26)38/h2-7,20,22,26H,8-19H2,1H3,(H,32,37,38)/t26-/m0/s1. The van der Waals surface area contributed by atoms with Crippen LogP contribution in [0.2, 0.25) is 0 Å². The third kappa shape index (κ3) is 5.73. The molecule has 3 fully saturated rings. The number of likely N-dealkylation sites (tertiary alicyclic amines) is 1. The minimum atomic E-state index is -0.455. The maximum atomic E-state index is 13.1. The van der Waals surface area contributed by atoms with Gasteiger partial charge in [0.05, 0.1) is 17.9 Å². The molecule has 0 saturated carbocycles. The molecule has 4 aliphatic rings. The maximum Gasteiger partial charge on any atom is 0.312 e. The number of hydrogen-bond donors (Lipinski definition) is 1. The third-order valence-electron chi connectivity index (χ3n) is 8.56. The van der Waals surface area contributed by atoms with Crippen molar-refractivity contribution in [3.63, 3.8) is 0 Å². The first kappa shape index (κ1) is 27.9. The Morgan fingerprint density at radius 2 is 1.55 bits per heavy atom. The molecule has 6 rings (SSSR count). The zero-order chi connectivity index (χ0) is 29.2. The van der Waals surface area contributed by atoms with Gasteiger partial charge in [0.1, 0.15) is 24.5 Å². The molecule has 42 heavy (non-hydrogen) atoms. The highest BCUT2D eigenvalue weighted by Gasteiger charge is 2.37. The van der Waals surface area contributed by atoms with E-state index in [9.17, 15) is 19.2 Å². The molecule has 1 atom stereocenters. The van der Waals surface area contributed by atoms with Crippen molar-refractivity contribution >= 4 is 35.0 Å². The molecule has 0 bridgehead atoms. The molecular formula is C31H37N5O6. The van der Waals surface area contributed by atoms with E-state index in [4.69, 9.17) is 9.47 Å². The molecule has 4 heterocycles. The summed E-state index contributed by atoms with van der Waals surface area (Å²) in [7, 11) is 0. The second-order valence-electron chi connectivity index (χ2n) is 11.3. The molecule has 4 amide bonds. The van der Waals surface area contributed by atoms with Crippen LogP contribution in [0.5, 0.6) is 11.5 Å². The second kappa shape index (κ2) is 11.9. The highest BCUT2D eigenvalue weighted by atomic mass is 16.5. The summed E-state index contributed by atoms with van der Waals surface area (Å²) in [6.45, 7) is 5.99. The SMILES string of the molecule is Cc1cccc(OC2CCN(C(=O)C(=O)N3CCN(c4cccc5c4OCCN5[C@H]4CCC(=O)NC4=O)CC3)CC2)c1. The summed E-state index contributed by atoms with van der Waals surface area (Å²) in [4.78, 5) is 57.9. The van der Waals surface area contributed by atoms with E-state index >= 15 is 0 Å². The number of para-hydroxylation sites is 1. The van der Waals surface area contributed by atoms with Crippen LogP contribution in [0.15, 0.2) is 42.5 Å². The van der Waals surface area contributed by atoms with Crippen molar-refractivity contribution in [1.29, 1.82) is 0 Å². The lowest BCUT2D eigenvalue weighted by Crippen LogP contribution is -2.55. The largest absolute Gasteiger partial charge is 0.490 e. The van der Waals surface area contributed by atoms with Gasteiger partial charge in [-0.1, -0.05) is 18.2 Å². The summed E-state index contributed by atoms with van der Waals surface area (Å²) in [5.41, 5.74) is 2.87. The summed E-state index contributed by atoms with van der Waals surface area (Å²) >= 11 is 0. The van der Waals surface area contributed by atoms with Crippen molar-refractivity contribution in [3.8, 4) is 11.5 Å². The number of aryl methyl sites for hydroxylation is 1. The Morgan fingerprint density at radius 1 is 0.857 bits per heavy atom. The zero-order valence-corrected chi connectivity index (χ0v) is 23.9. The number of hydrogen-bond acceptors (Lipinski definition) is 8. The lowest BCUT2D eigenvalue weighted by molar-refractivity contribution is -0.153. The normalized spacial score (nSPS) is 21.4. The van der Waals surface area contributed by atoms with Crippen molar-refractivity contribution in [1.82, 2.24) is 15.1 Å². The van der Waals surface area contributed by atoms with Gasteiger partial charge in [-0.3, -0.25) is 24.5 Å². The van der Waals surface area contributed by atoms with Gasteiger partial charge in [0.25, 0.3) is 0 Å². The van der Waals surface area contributed by atoms with Gasteiger partial charge >= 0.3 is 11.8 Å². The molecule has 0 unspecified atom stereocenters. The minimum Gasteiger partial charge on any atom is -0.490 e. The van der Waals surface area contributed by atoms with E-state index in [0.29, 0.717) is 83.9 Å². The molecule has 0 spiro atoms. The maximum absolute atomic E-state index is 13.1. The Bertz CT molecular complexity index is 1370. The van der Waals surface area contributed by atoms with Gasteiger partial charge in [0.15, 0.2) is 5.75 Å². The average Bonchev–Trinajstić information content (AvgIpc) is 3.00. The highest BCUT2D eigenvalue weighted by molar-refractivity contribution is 6.35. The Kier molecular flexibility index (Phi) is 7.90. The number of piperazine rings is 1. The lowest BCUT2D eigenvalue weighted by Gasteiger charge is -2.41. The van der Waals surface area contributed by atoms with E-state index in [2.05, 4.69) is 10.2 Å². The van der Waals surface area contributed by atoms with E-state index in [-0.39, 0.29) is 17.9 Å². The van der Waals surface area contributed by atoms with E-state index in [1.807, 2.05) is 54.3 Å². The number of carbonyl (C=O) groups excluding carboxylic acids is 4. The van der Waals surface area contributed by atoms with Crippen LogP contribution in [0.25, 0.3) is 0 Å². The predicted octanol–water partition coefficient (Wildman–Crippen LogP) is 1.72. The van der Waals surface area contributed by atoms with Crippen LogP contribution in [0.4, 0.5) is 11.4 Å². The number of rotatable bonds is 4. The molecule has 11 nitrogen and oxygen atoms in total. The number of benzene rings is 2. The number of anilines is 2. The average molecular weight is 576 g/mol. The van der Waals surface area contributed by atoms with Crippen molar-refractivity contribution in [2.24, 2.45) is 0 Å². The smallest absolute Gasteiger partial charge is 0.312 e. The lowest BCUT2D eigenvalue weighted by atomic mass is 10.0. The second-order valence-corrected chi connectivity index (χ2v) is 11.3. The fourth-order valence-corrected chi connectivity index (χ4v) is 6.28. The van der Waals surface area contributed by atoms with Crippen LogP contribution in [0.1, 0.15) is 31.2 Å². The number of ether oxygens (including phenoxy) is 2. The Morgan fingerprint density at radius 3 is 2.26 bits per heavy atom. The van der Waals surface area contributed by atoms with Crippen LogP contribution < -0.4 is 24.6 Å². The van der Waals surface area contributed by atoms with Gasteiger partial charge < -0.3 is 29.1 Å². The fourth-order valence-electron chi connectivity index (χ4n) is 6.28. The van der Waals surface area contributed by atoms with Gasteiger partial charge in [0.2, 0.25) is 11.8 Å². The van der Waals surface area contributed by atoms with Crippen molar-refractivity contribution in [3.05, 3.63) is 48.0 Å². The molecule has 222 valence electrons. The quantitative estimate of drug-likeness (QED) is 0.434. The fraction of sp³-hybridized carbons (Fsp3) is 0.484. The Labute approximate surface area is 245 Å². The van der Waals surface area contributed by atoms with E-state index < -0.39 is 17.9 Å². The third-order valence-corrected chi connectivity index (χ3v) is 8.56. The monoisotopic (exact) mass is 575 g/mol. The number of fused-ring (bicyclic) bond motifs is 1. The van der Waals surface area contributed by atoms with Crippen LogP contribution >= 0.6 is 0 Å². The van der Waals surface area contributed by atoms with E-state index in [1.165, 1.54) is 0 Å². The number of amides is 4. The molecule has 11 heteroatoms. The molecule has 0 aliphatic carbocycles. The van der Waals surface area contributed by atoms with Crippen LogP contribution in [0.3, 0.4) is 0 Å². The number of piperidine rings is 2. The van der Waals surface area contributed by atoms with Gasteiger partial charge in [-0.15, -0.1) is 0 Å². The van der Waals surface area contributed by atoms with Gasteiger partial charge in [-0.05, 0) is 43.2 Å². The molecular weight excluding hydrogens is 538 g/mol. The molecule has 3 saturated heterocycles. The minimum absolute atomic E-state index is 0.0272. The van der Waals surface area contributed by atoms with Crippen LogP contribution in [0, 0.1) is 6.92 Å². The predicted molar refractivity (Wildman–Crippen MR) is 156 cm³/mol. The van der Waals surface area contributed by atoms with Crippen molar-refractivity contribution < 1.29 is 28.7 Å². The number of nitrogens with one attached hydrogen (secondary N) is 1. The van der Waals surface area contributed by atoms with Gasteiger partial charge in [0, 0.05) is 58.5 Å². The van der Waals surface area contributed by atoms with Crippen molar-refractivity contribution in [2.75, 3.05) is 62.2 Å². The van der Waals surface area contributed by atoms with Crippen LogP contribution in [-0.4, -0.2) is 98.0 Å². The first-order valence-electron chi connectivity index (χ1n) is 14.8. The molecule has 0 radical (unpaired) electrons. The molecule has 0 aromatic heterocycles. The highest BCUT2D eigenvalue weighted by Crippen LogP contribution is 2.42. The zero-order valence-electron chi connectivity index (χ0n) is 23.9. The number of imide groups is 1. The number of nitrogens with zero attached hydrogens (tertiary/aromatic N) is 4. The first-order valence-corrected chi connectivity index (χ1v) is 14.8. The first-order chi connectivity index (χ1) is 20.4. The molecule has 2 aromatic rings. The Hall–Kier alpha value is -4.28. The molecule has 1 N–H and O–H groups in total. The summed E-state index contributed by atoms with van der Waals surface area (Å²) in [5, 5.41) is 2.45. The number of carbonyl (C=O) groups is 4. The topological polar surface area (TPSA) is 112 Å². The summed E-state index contributed by atoms with van der Waals surface area (Å²) in [6, 6.07) is 13.4. The summed E-state index contributed by atoms with van der Waals surface area (Å²) < 4.78 is 12.2. The summed E-state index contributed by atoms with van der Waals surface area (Å²) in [6.07, 6.45) is 2.20. The van der Waals surface area contributed by atoms with Gasteiger partial charge in [-0.2, -0.15) is 0 Å². The Balaban J connectivity index is 1.04. The van der Waals surface area contributed by atoms with E-state index in [0.717, 1.165) is 22.7 Å². The van der Waals surface area contributed by atoms with E-state index in [1.54, 1.807) is 9.80 Å². The molecule has 4 aliphatic heterocycles. The molecule has 2 aromatic carbocycles. The van der Waals surface area contributed by atoms with Crippen molar-refractivity contribution in [2.45, 2.75) is 44.8 Å². The van der Waals surface area contributed by atoms with Crippen LogP contribution in [-0.2, 0) is 19.2 Å². The summed E-state index contributed by atoms with van der Waals surface area (Å²) in [5.74, 6) is 0.133. The van der Waals surface area contributed by atoms with Gasteiger partial charge in [-0.25, -0.2) is 0 Å².